The van der Waals surface area contributed by atoms with Crippen LogP contribution in [0.2, 0.25) is 5.02 Å². The summed E-state index contributed by atoms with van der Waals surface area (Å²) in [6.07, 6.45) is 0.892. The number of benzene rings is 1. The summed E-state index contributed by atoms with van der Waals surface area (Å²) in [6, 6.07) is 7.12. The number of ether oxygens (including phenoxy) is 1. The van der Waals surface area contributed by atoms with Gasteiger partial charge in [0.15, 0.2) is 5.60 Å². The standard InChI is InChI=1S/C14H20ClNO2/c1-5-10(2)16-13(17)14(3,4)18-12-8-6-11(15)7-9-12/h6-10H,5H2,1-4H3,(H,16,17)/t10-/m1/s1. The summed E-state index contributed by atoms with van der Waals surface area (Å²) in [5, 5.41) is 3.55. The van der Waals surface area contributed by atoms with Gasteiger partial charge in [-0.15, -0.1) is 0 Å². The molecule has 0 aliphatic carbocycles. The van der Waals surface area contributed by atoms with E-state index in [2.05, 4.69) is 5.32 Å². The average molecular weight is 270 g/mol. The summed E-state index contributed by atoms with van der Waals surface area (Å²) in [7, 11) is 0. The molecule has 1 rings (SSSR count). The van der Waals surface area contributed by atoms with E-state index in [9.17, 15) is 4.79 Å². The molecule has 1 aromatic rings. The molecule has 3 nitrogen and oxygen atoms in total. The maximum absolute atomic E-state index is 12.0. The molecular weight excluding hydrogens is 250 g/mol. The molecule has 1 aromatic carbocycles. The molecule has 0 aliphatic heterocycles. The molecule has 18 heavy (non-hydrogen) atoms. The van der Waals surface area contributed by atoms with Gasteiger partial charge < -0.3 is 10.1 Å². The van der Waals surface area contributed by atoms with Crippen LogP contribution < -0.4 is 10.1 Å². The monoisotopic (exact) mass is 269 g/mol. The van der Waals surface area contributed by atoms with Gasteiger partial charge in [0, 0.05) is 11.1 Å². The van der Waals surface area contributed by atoms with Crippen LogP contribution in [0, 0.1) is 0 Å². The molecule has 0 bridgehead atoms. The highest BCUT2D eigenvalue weighted by atomic mass is 35.5. The SMILES string of the molecule is CC[C@@H](C)NC(=O)C(C)(C)Oc1ccc(Cl)cc1. The first kappa shape index (κ1) is 14.8. The topological polar surface area (TPSA) is 38.3 Å². The van der Waals surface area contributed by atoms with Crippen LogP contribution in [0.1, 0.15) is 34.1 Å². The number of hydrogen-bond donors (Lipinski definition) is 1. The lowest BCUT2D eigenvalue weighted by atomic mass is 10.1. The third-order valence-electron chi connectivity index (χ3n) is 2.72. The quantitative estimate of drug-likeness (QED) is 0.890. The van der Waals surface area contributed by atoms with Gasteiger partial charge in [0.25, 0.3) is 5.91 Å². The number of carbonyl (C=O) groups is 1. The maximum Gasteiger partial charge on any atom is 0.263 e. The second-order valence-corrected chi connectivity index (χ2v) is 5.29. The lowest BCUT2D eigenvalue weighted by Crippen LogP contribution is -2.49. The molecule has 1 amide bonds. The second kappa shape index (κ2) is 6.10. The van der Waals surface area contributed by atoms with E-state index in [1.807, 2.05) is 13.8 Å². The zero-order valence-electron chi connectivity index (χ0n) is 11.3. The van der Waals surface area contributed by atoms with Gasteiger partial charge in [0.1, 0.15) is 5.75 Å². The van der Waals surface area contributed by atoms with E-state index in [0.29, 0.717) is 10.8 Å². The van der Waals surface area contributed by atoms with E-state index < -0.39 is 5.60 Å². The fourth-order valence-electron chi connectivity index (χ4n) is 1.34. The van der Waals surface area contributed by atoms with Gasteiger partial charge in [-0.05, 0) is 51.5 Å². The van der Waals surface area contributed by atoms with E-state index in [4.69, 9.17) is 16.3 Å². The first-order valence-corrected chi connectivity index (χ1v) is 6.48. The van der Waals surface area contributed by atoms with Crippen molar-refractivity contribution in [1.82, 2.24) is 5.32 Å². The lowest BCUT2D eigenvalue weighted by molar-refractivity contribution is -0.134. The van der Waals surface area contributed by atoms with Crippen LogP contribution in [0.3, 0.4) is 0 Å². The molecule has 1 N–H and O–H groups in total. The van der Waals surface area contributed by atoms with Crippen LogP contribution in [-0.4, -0.2) is 17.6 Å². The summed E-state index contributed by atoms with van der Waals surface area (Å²) in [4.78, 5) is 12.0. The van der Waals surface area contributed by atoms with Gasteiger partial charge in [-0.1, -0.05) is 18.5 Å². The van der Waals surface area contributed by atoms with Crippen molar-refractivity contribution < 1.29 is 9.53 Å². The normalized spacial score (nSPS) is 12.9. The molecule has 0 heterocycles. The van der Waals surface area contributed by atoms with Crippen molar-refractivity contribution in [2.75, 3.05) is 0 Å². The van der Waals surface area contributed by atoms with Crippen LogP contribution >= 0.6 is 11.6 Å². The molecule has 0 aromatic heterocycles. The lowest BCUT2D eigenvalue weighted by Gasteiger charge is -2.27. The first-order chi connectivity index (χ1) is 8.35. The van der Waals surface area contributed by atoms with Gasteiger partial charge in [-0.25, -0.2) is 0 Å². The molecule has 1 atom stereocenters. The van der Waals surface area contributed by atoms with Gasteiger partial charge in [-0.2, -0.15) is 0 Å². The highest BCUT2D eigenvalue weighted by molar-refractivity contribution is 6.30. The van der Waals surface area contributed by atoms with E-state index >= 15 is 0 Å². The molecule has 0 spiro atoms. The van der Waals surface area contributed by atoms with Crippen molar-refractivity contribution in [2.45, 2.75) is 45.8 Å². The van der Waals surface area contributed by atoms with Gasteiger partial charge >= 0.3 is 0 Å². The molecular formula is C14H20ClNO2. The average Bonchev–Trinajstić information content (AvgIpc) is 2.31. The minimum atomic E-state index is -0.905. The Bertz CT molecular complexity index is 401. The third kappa shape index (κ3) is 4.22. The highest BCUT2D eigenvalue weighted by Gasteiger charge is 2.30. The minimum absolute atomic E-state index is 0.119. The zero-order chi connectivity index (χ0) is 13.8. The van der Waals surface area contributed by atoms with E-state index in [0.717, 1.165) is 6.42 Å². The van der Waals surface area contributed by atoms with Crippen molar-refractivity contribution in [2.24, 2.45) is 0 Å². The molecule has 100 valence electrons. The van der Waals surface area contributed by atoms with E-state index in [1.165, 1.54) is 0 Å². The van der Waals surface area contributed by atoms with Gasteiger partial charge in [0.2, 0.25) is 0 Å². The summed E-state index contributed by atoms with van der Waals surface area (Å²) < 4.78 is 5.69. The Balaban J connectivity index is 2.68. The maximum atomic E-state index is 12.0. The second-order valence-electron chi connectivity index (χ2n) is 4.85. The number of halogens is 1. The summed E-state index contributed by atoms with van der Waals surface area (Å²) >= 11 is 5.80. The van der Waals surface area contributed by atoms with E-state index in [-0.39, 0.29) is 11.9 Å². The predicted octanol–water partition coefficient (Wildman–Crippen LogP) is 3.41. The van der Waals surface area contributed by atoms with Crippen LogP contribution in [0.4, 0.5) is 0 Å². The number of rotatable bonds is 5. The smallest absolute Gasteiger partial charge is 0.263 e. The largest absolute Gasteiger partial charge is 0.478 e. The number of carbonyl (C=O) groups excluding carboxylic acids is 1. The number of hydrogen-bond acceptors (Lipinski definition) is 2. The molecule has 0 aliphatic rings. The van der Waals surface area contributed by atoms with Crippen molar-refractivity contribution in [1.29, 1.82) is 0 Å². The van der Waals surface area contributed by atoms with Crippen molar-refractivity contribution in [3.05, 3.63) is 29.3 Å². The highest BCUT2D eigenvalue weighted by Crippen LogP contribution is 2.21. The minimum Gasteiger partial charge on any atom is -0.478 e. The van der Waals surface area contributed by atoms with Crippen molar-refractivity contribution in [3.8, 4) is 5.75 Å². The van der Waals surface area contributed by atoms with Crippen LogP contribution in [-0.2, 0) is 4.79 Å². The Kier molecular flexibility index (Phi) is 5.03. The molecule has 0 radical (unpaired) electrons. The number of amides is 1. The molecule has 0 saturated heterocycles. The Morgan fingerprint density at radius 3 is 2.44 bits per heavy atom. The third-order valence-corrected chi connectivity index (χ3v) is 2.98. The van der Waals surface area contributed by atoms with Crippen LogP contribution in [0.5, 0.6) is 5.75 Å². The first-order valence-electron chi connectivity index (χ1n) is 6.10. The zero-order valence-corrected chi connectivity index (χ0v) is 12.0. The fraction of sp³-hybridized carbons (Fsp3) is 0.500. The molecule has 0 fully saturated rings. The van der Waals surface area contributed by atoms with Crippen molar-refractivity contribution >= 4 is 17.5 Å². The molecule has 0 unspecified atom stereocenters. The van der Waals surface area contributed by atoms with Crippen LogP contribution in [0.15, 0.2) is 24.3 Å². The summed E-state index contributed by atoms with van der Waals surface area (Å²) in [5.74, 6) is 0.510. The Hall–Kier alpha value is -1.22. The Morgan fingerprint density at radius 2 is 1.94 bits per heavy atom. The predicted molar refractivity (Wildman–Crippen MR) is 74.1 cm³/mol. The van der Waals surface area contributed by atoms with Crippen LogP contribution in [0.25, 0.3) is 0 Å². The Morgan fingerprint density at radius 1 is 1.39 bits per heavy atom. The Labute approximate surface area is 113 Å². The van der Waals surface area contributed by atoms with Gasteiger partial charge in [-0.3, -0.25) is 4.79 Å². The van der Waals surface area contributed by atoms with Gasteiger partial charge in [0.05, 0.1) is 0 Å². The molecule has 0 saturated carbocycles. The summed E-state index contributed by atoms with van der Waals surface area (Å²) in [5.41, 5.74) is -0.905. The summed E-state index contributed by atoms with van der Waals surface area (Å²) in [6.45, 7) is 7.49. The molecule has 4 heteroatoms. The number of nitrogens with one attached hydrogen (secondary N) is 1. The fourth-order valence-corrected chi connectivity index (χ4v) is 1.47. The van der Waals surface area contributed by atoms with E-state index in [1.54, 1.807) is 38.1 Å². The van der Waals surface area contributed by atoms with Crippen molar-refractivity contribution in [3.63, 3.8) is 0 Å².